The molecule has 1 unspecified atom stereocenters. The summed E-state index contributed by atoms with van der Waals surface area (Å²) in [5, 5.41) is 2.89. The Morgan fingerprint density at radius 1 is 1.44 bits per heavy atom. The van der Waals surface area contributed by atoms with Crippen LogP contribution in [0.4, 0.5) is 13.2 Å². The molecule has 1 heterocycles. The Kier molecular flexibility index (Phi) is 4.29. The highest BCUT2D eigenvalue weighted by atomic mass is 19.4. The van der Waals surface area contributed by atoms with Crippen molar-refractivity contribution in [1.29, 1.82) is 0 Å². The molecule has 0 aliphatic heterocycles. The maximum Gasteiger partial charge on any atom is 0.416 e. The zero-order valence-electron chi connectivity index (χ0n) is 9.30. The van der Waals surface area contributed by atoms with Crippen molar-refractivity contribution >= 4 is 0 Å². The summed E-state index contributed by atoms with van der Waals surface area (Å²) < 4.78 is 38.2. The molecule has 0 spiro atoms. The molecule has 0 aliphatic rings. The Balaban J connectivity index is 3.11. The lowest BCUT2D eigenvalue weighted by atomic mass is 9.99. The van der Waals surface area contributed by atoms with Crippen LogP contribution in [0.3, 0.4) is 0 Å². The first kappa shape index (κ1) is 13.0. The van der Waals surface area contributed by atoms with E-state index < -0.39 is 11.7 Å². The lowest BCUT2D eigenvalue weighted by Crippen LogP contribution is -2.21. The first-order chi connectivity index (χ1) is 7.50. The average Bonchev–Trinajstić information content (AvgIpc) is 2.25. The van der Waals surface area contributed by atoms with Crippen LogP contribution in [0.25, 0.3) is 0 Å². The van der Waals surface area contributed by atoms with Crippen LogP contribution in [-0.4, -0.2) is 12.0 Å². The molecule has 16 heavy (non-hydrogen) atoms. The van der Waals surface area contributed by atoms with Gasteiger partial charge in [0.1, 0.15) is 0 Å². The lowest BCUT2D eigenvalue weighted by molar-refractivity contribution is -0.138. The molecule has 0 saturated carbocycles. The van der Waals surface area contributed by atoms with Gasteiger partial charge in [-0.1, -0.05) is 13.3 Å². The third-order valence-electron chi connectivity index (χ3n) is 2.46. The maximum absolute atomic E-state index is 12.7. The van der Waals surface area contributed by atoms with Crippen molar-refractivity contribution in [3.05, 3.63) is 29.6 Å². The zero-order valence-corrected chi connectivity index (χ0v) is 9.30. The van der Waals surface area contributed by atoms with Crippen molar-refractivity contribution in [2.45, 2.75) is 32.0 Å². The smallest absolute Gasteiger partial charge is 0.313 e. The summed E-state index contributed by atoms with van der Waals surface area (Å²) in [6, 6.07) is 0.727. The second-order valence-electron chi connectivity index (χ2n) is 3.59. The van der Waals surface area contributed by atoms with E-state index >= 15 is 0 Å². The number of alkyl halides is 3. The van der Waals surface area contributed by atoms with Gasteiger partial charge in [-0.05, 0) is 25.1 Å². The lowest BCUT2D eigenvalue weighted by Gasteiger charge is -2.20. The zero-order chi connectivity index (χ0) is 12.2. The van der Waals surface area contributed by atoms with Gasteiger partial charge in [0.25, 0.3) is 0 Å². The van der Waals surface area contributed by atoms with Gasteiger partial charge in [-0.2, -0.15) is 13.2 Å². The molecule has 90 valence electrons. The Hall–Kier alpha value is -1.10. The number of aromatic nitrogens is 1. The predicted molar refractivity (Wildman–Crippen MR) is 55.9 cm³/mol. The van der Waals surface area contributed by atoms with Gasteiger partial charge in [0.2, 0.25) is 0 Å². The van der Waals surface area contributed by atoms with Crippen LogP contribution in [0.15, 0.2) is 18.5 Å². The molecule has 0 fully saturated rings. The van der Waals surface area contributed by atoms with E-state index in [2.05, 4.69) is 10.3 Å². The Morgan fingerprint density at radius 2 is 2.12 bits per heavy atom. The molecule has 0 saturated heterocycles. The standard InChI is InChI=1S/C11H15F3N2/c1-3-4-10(15-2)8-7-16-6-5-9(8)11(12,13)14/h5-7,10,15H,3-4H2,1-2H3. The van der Waals surface area contributed by atoms with Gasteiger partial charge in [0.15, 0.2) is 0 Å². The molecule has 0 bridgehead atoms. The van der Waals surface area contributed by atoms with Gasteiger partial charge in [0.05, 0.1) is 5.56 Å². The highest BCUT2D eigenvalue weighted by Crippen LogP contribution is 2.34. The van der Waals surface area contributed by atoms with Crippen LogP contribution in [0.1, 0.15) is 36.9 Å². The fourth-order valence-electron chi connectivity index (χ4n) is 1.69. The molecule has 0 amide bonds. The number of nitrogens with one attached hydrogen (secondary N) is 1. The van der Waals surface area contributed by atoms with Crippen LogP contribution in [0.5, 0.6) is 0 Å². The van der Waals surface area contributed by atoms with Gasteiger partial charge >= 0.3 is 6.18 Å². The number of halogens is 3. The van der Waals surface area contributed by atoms with Gasteiger partial charge in [0, 0.05) is 18.4 Å². The van der Waals surface area contributed by atoms with Gasteiger partial charge in [-0.25, -0.2) is 0 Å². The highest BCUT2D eigenvalue weighted by molar-refractivity contribution is 5.29. The number of nitrogens with zero attached hydrogens (tertiary/aromatic N) is 1. The molecule has 1 aromatic rings. The van der Waals surface area contributed by atoms with E-state index in [0.29, 0.717) is 6.42 Å². The van der Waals surface area contributed by atoms with Crippen LogP contribution in [0.2, 0.25) is 0 Å². The number of rotatable bonds is 4. The maximum atomic E-state index is 12.7. The number of hydrogen-bond acceptors (Lipinski definition) is 2. The minimum atomic E-state index is -4.32. The summed E-state index contributed by atoms with van der Waals surface area (Å²) in [6.45, 7) is 1.94. The number of hydrogen-bond donors (Lipinski definition) is 1. The first-order valence-electron chi connectivity index (χ1n) is 5.19. The third-order valence-corrected chi connectivity index (χ3v) is 2.46. The van der Waals surface area contributed by atoms with Gasteiger partial charge in [-0.15, -0.1) is 0 Å². The molecule has 1 aromatic heterocycles. The van der Waals surface area contributed by atoms with E-state index in [9.17, 15) is 13.2 Å². The third kappa shape index (κ3) is 2.95. The van der Waals surface area contributed by atoms with Crippen molar-refractivity contribution in [3.8, 4) is 0 Å². The molecule has 5 heteroatoms. The molecule has 0 aromatic carbocycles. The molecule has 0 aliphatic carbocycles. The van der Waals surface area contributed by atoms with Crippen molar-refractivity contribution in [2.24, 2.45) is 0 Å². The largest absolute Gasteiger partial charge is 0.416 e. The monoisotopic (exact) mass is 232 g/mol. The summed E-state index contributed by atoms with van der Waals surface area (Å²) in [4.78, 5) is 3.77. The van der Waals surface area contributed by atoms with Crippen molar-refractivity contribution in [1.82, 2.24) is 10.3 Å². The number of pyridine rings is 1. The molecule has 1 atom stereocenters. The summed E-state index contributed by atoms with van der Waals surface area (Å²) in [5.41, 5.74) is -0.380. The minimum Gasteiger partial charge on any atom is -0.313 e. The average molecular weight is 232 g/mol. The normalized spacial score (nSPS) is 13.8. The fourth-order valence-corrected chi connectivity index (χ4v) is 1.69. The van der Waals surface area contributed by atoms with E-state index in [4.69, 9.17) is 0 Å². The van der Waals surface area contributed by atoms with Crippen LogP contribution < -0.4 is 5.32 Å². The quantitative estimate of drug-likeness (QED) is 0.862. The summed E-state index contributed by atoms with van der Waals surface area (Å²) >= 11 is 0. The second-order valence-corrected chi connectivity index (χ2v) is 3.59. The van der Waals surface area contributed by atoms with Crippen LogP contribution in [0, 0.1) is 0 Å². The first-order valence-corrected chi connectivity index (χ1v) is 5.19. The van der Waals surface area contributed by atoms with E-state index in [0.717, 1.165) is 12.5 Å². The van der Waals surface area contributed by atoms with Gasteiger partial charge < -0.3 is 5.32 Å². The van der Waals surface area contributed by atoms with Crippen LogP contribution >= 0.6 is 0 Å². The van der Waals surface area contributed by atoms with E-state index in [1.165, 1.54) is 12.4 Å². The second kappa shape index (κ2) is 5.30. The molecule has 1 rings (SSSR count). The fraction of sp³-hybridized carbons (Fsp3) is 0.545. The van der Waals surface area contributed by atoms with E-state index in [1.54, 1.807) is 7.05 Å². The molecule has 2 nitrogen and oxygen atoms in total. The molecular weight excluding hydrogens is 217 g/mol. The molecule has 0 radical (unpaired) electrons. The summed E-state index contributed by atoms with van der Waals surface area (Å²) in [5.74, 6) is 0. The Bertz CT molecular complexity index is 336. The molecular formula is C11H15F3N2. The minimum absolute atomic E-state index is 0.222. The highest BCUT2D eigenvalue weighted by Gasteiger charge is 2.34. The van der Waals surface area contributed by atoms with Crippen molar-refractivity contribution < 1.29 is 13.2 Å². The van der Waals surface area contributed by atoms with E-state index in [1.807, 2.05) is 6.92 Å². The van der Waals surface area contributed by atoms with Gasteiger partial charge in [-0.3, -0.25) is 4.98 Å². The van der Waals surface area contributed by atoms with E-state index in [-0.39, 0.29) is 11.6 Å². The Morgan fingerprint density at radius 3 is 2.62 bits per heavy atom. The predicted octanol–water partition coefficient (Wildman–Crippen LogP) is 3.16. The summed E-state index contributed by atoms with van der Waals surface area (Å²) in [7, 11) is 1.66. The topological polar surface area (TPSA) is 24.9 Å². The SMILES string of the molecule is CCCC(NC)c1cnccc1C(F)(F)F. The molecule has 1 N–H and O–H groups in total. The summed E-state index contributed by atoms with van der Waals surface area (Å²) in [6.07, 6.45) is -0.380. The van der Waals surface area contributed by atoms with Crippen LogP contribution in [-0.2, 0) is 6.18 Å². The Labute approximate surface area is 92.9 Å². The van der Waals surface area contributed by atoms with Crippen molar-refractivity contribution in [2.75, 3.05) is 7.05 Å². The van der Waals surface area contributed by atoms with Crippen molar-refractivity contribution in [3.63, 3.8) is 0 Å².